The summed E-state index contributed by atoms with van der Waals surface area (Å²) in [5.74, 6) is 2.74. The fourth-order valence-corrected chi connectivity index (χ4v) is 3.80. The zero-order chi connectivity index (χ0) is 21.2. The van der Waals surface area contributed by atoms with E-state index in [0.29, 0.717) is 17.5 Å². The molecule has 0 spiro atoms. The molecule has 8 nitrogen and oxygen atoms in total. The number of anilines is 1. The molecule has 0 saturated heterocycles. The molecule has 156 valence electrons. The summed E-state index contributed by atoms with van der Waals surface area (Å²) < 4.78 is 5.65. The molecule has 0 radical (unpaired) electrons. The molecule has 0 aromatic carbocycles. The standard InChI is InChI=1S/C23H23N7O/c1-14(2)19(23-29-20(30-31-23)15-9-12-24-13-10-15)27-21-16-6-5-8-17(16)26-22(28-21)18-7-3-4-11-25-18/h3-4,7,9-14,19H,5-6,8H2,1-2H3,(H,26,27,28). The van der Waals surface area contributed by atoms with Gasteiger partial charge in [-0.15, -0.1) is 0 Å². The third-order valence-electron chi connectivity index (χ3n) is 5.43. The number of aromatic nitrogens is 6. The first-order valence-corrected chi connectivity index (χ1v) is 10.5. The summed E-state index contributed by atoms with van der Waals surface area (Å²) in [6, 6.07) is 9.31. The maximum absolute atomic E-state index is 5.65. The lowest BCUT2D eigenvalue weighted by atomic mass is 10.0. The van der Waals surface area contributed by atoms with Crippen molar-refractivity contribution in [2.45, 2.75) is 39.2 Å². The molecule has 4 heterocycles. The summed E-state index contributed by atoms with van der Waals surface area (Å²) in [5.41, 5.74) is 3.88. The number of nitrogens with zero attached hydrogens (tertiary/aromatic N) is 6. The van der Waals surface area contributed by atoms with Gasteiger partial charge in [0, 0.05) is 35.4 Å². The molecule has 0 fully saturated rings. The van der Waals surface area contributed by atoms with Gasteiger partial charge < -0.3 is 9.84 Å². The lowest BCUT2D eigenvalue weighted by Gasteiger charge is -2.21. The van der Waals surface area contributed by atoms with Crippen molar-refractivity contribution < 1.29 is 4.52 Å². The van der Waals surface area contributed by atoms with Crippen LogP contribution in [0.25, 0.3) is 22.9 Å². The van der Waals surface area contributed by atoms with E-state index in [9.17, 15) is 0 Å². The summed E-state index contributed by atoms with van der Waals surface area (Å²) in [5, 5.41) is 7.75. The Labute approximate surface area is 180 Å². The highest BCUT2D eigenvalue weighted by atomic mass is 16.5. The quantitative estimate of drug-likeness (QED) is 0.500. The monoisotopic (exact) mass is 413 g/mol. The van der Waals surface area contributed by atoms with Crippen LogP contribution in [-0.4, -0.2) is 30.1 Å². The van der Waals surface area contributed by atoms with Crippen molar-refractivity contribution in [1.82, 2.24) is 30.1 Å². The average molecular weight is 413 g/mol. The number of fused-ring (bicyclic) bond motifs is 1. The van der Waals surface area contributed by atoms with Gasteiger partial charge in [0.05, 0.1) is 0 Å². The Balaban J connectivity index is 1.50. The van der Waals surface area contributed by atoms with Crippen LogP contribution >= 0.6 is 0 Å². The highest BCUT2D eigenvalue weighted by Gasteiger charge is 2.27. The van der Waals surface area contributed by atoms with E-state index in [4.69, 9.17) is 14.5 Å². The Morgan fingerprint density at radius 3 is 2.58 bits per heavy atom. The molecule has 1 unspecified atom stereocenters. The SMILES string of the molecule is CC(C)C(Nc1nc(-c2ccccn2)nc2c1CCC2)c1nc(-c2ccncc2)no1. The number of pyridine rings is 2. The molecule has 0 aliphatic heterocycles. The van der Waals surface area contributed by atoms with Gasteiger partial charge in [0.15, 0.2) is 5.82 Å². The fraction of sp³-hybridized carbons (Fsp3) is 0.304. The number of nitrogens with one attached hydrogen (secondary N) is 1. The van der Waals surface area contributed by atoms with Crippen LogP contribution in [0.1, 0.15) is 43.5 Å². The molecule has 1 atom stereocenters. The fourth-order valence-electron chi connectivity index (χ4n) is 3.80. The van der Waals surface area contributed by atoms with Gasteiger partial charge in [-0.2, -0.15) is 4.98 Å². The van der Waals surface area contributed by atoms with E-state index in [0.717, 1.165) is 42.0 Å². The molecule has 0 amide bonds. The van der Waals surface area contributed by atoms with Crippen molar-refractivity contribution in [3.8, 4) is 22.9 Å². The van der Waals surface area contributed by atoms with Crippen LogP contribution in [0.5, 0.6) is 0 Å². The summed E-state index contributed by atoms with van der Waals surface area (Å²) in [7, 11) is 0. The second kappa shape index (κ2) is 8.22. The van der Waals surface area contributed by atoms with E-state index < -0.39 is 0 Å². The van der Waals surface area contributed by atoms with Crippen LogP contribution in [0.15, 0.2) is 53.4 Å². The van der Waals surface area contributed by atoms with Gasteiger partial charge >= 0.3 is 0 Å². The largest absolute Gasteiger partial charge is 0.358 e. The summed E-state index contributed by atoms with van der Waals surface area (Å²) in [4.78, 5) is 22.7. The molecule has 4 aromatic heterocycles. The molecular weight excluding hydrogens is 390 g/mol. The maximum atomic E-state index is 5.65. The number of hydrogen-bond acceptors (Lipinski definition) is 8. The normalized spacial score (nSPS) is 13.9. The first-order valence-electron chi connectivity index (χ1n) is 10.5. The Kier molecular flexibility index (Phi) is 5.11. The van der Waals surface area contributed by atoms with Gasteiger partial charge in [-0.3, -0.25) is 9.97 Å². The van der Waals surface area contributed by atoms with Crippen LogP contribution in [0.2, 0.25) is 0 Å². The maximum Gasteiger partial charge on any atom is 0.249 e. The number of hydrogen-bond donors (Lipinski definition) is 1. The highest BCUT2D eigenvalue weighted by molar-refractivity contribution is 5.58. The minimum Gasteiger partial charge on any atom is -0.358 e. The predicted octanol–water partition coefficient (Wildman–Crippen LogP) is 4.28. The molecule has 5 rings (SSSR count). The van der Waals surface area contributed by atoms with Crippen molar-refractivity contribution in [3.05, 3.63) is 66.1 Å². The molecule has 1 aliphatic carbocycles. The van der Waals surface area contributed by atoms with Crippen LogP contribution in [-0.2, 0) is 12.8 Å². The first-order chi connectivity index (χ1) is 15.2. The van der Waals surface area contributed by atoms with E-state index in [1.54, 1.807) is 18.6 Å². The van der Waals surface area contributed by atoms with Gasteiger partial charge in [0.1, 0.15) is 17.6 Å². The van der Waals surface area contributed by atoms with Crippen molar-refractivity contribution in [3.63, 3.8) is 0 Å². The van der Waals surface area contributed by atoms with Crippen molar-refractivity contribution in [1.29, 1.82) is 0 Å². The third kappa shape index (κ3) is 3.88. The lowest BCUT2D eigenvalue weighted by molar-refractivity contribution is 0.335. The van der Waals surface area contributed by atoms with Crippen LogP contribution in [0.4, 0.5) is 5.82 Å². The zero-order valence-corrected chi connectivity index (χ0v) is 17.5. The third-order valence-corrected chi connectivity index (χ3v) is 5.43. The molecule has 4 aromatic rings. The topological polar surface area (TPSA) is 103 Å². The van der Waals surface area contributed by atoms with Crippen molar-refractivity contribution >= 4 is 5.82 Å². The predicted molar refractivity (Wildman–Crippen MR) is 116 cm³/mol. The Morgan fingerprint density at radius 1 is 0.935 bits per heavy atom. The van der Waals surface area contributed by atoms with Crippen molar-refractivity contribution in [2.24, 2.45) is 5.92 Å². The van der Waals surface area contributed by atoms with Gasteiger partial charge in [-0.05, 0) is 49.4 Å². The van der Waals surface area contributed by atoms with E-state index >= 15 is 0 Å². The minimum absolute atomic E-state index is 0.181. The summed E-state index contributed by atoms with van der Waals surface area (Å²) in [6.07, 6.45) is 8.17. The van der Waals surface area contributed by atoms with Crippen molar-refractivity contribution in [2.75, 3.05) is 5.32 Å². The average Bonchev–Trinajstić information content (AvgIpc) is 3.48. The smallest absolute Gasteiger partial charge is 0.249 e. The second-order valence-corrected chi connectivity index (χ2v) is 7.95. The molecule has 8 heteroatoms. The molecule has 0 saturated carbocycles. The van der Waals surface area contributed by atoms with E-state index in [2.05, 4.69) is 39.3 Å². The van der Waals surface area contributed by atoms with E-state index in [1.165, 1.54) is 5.56 Å². The van der Waals surface area contributed by atoms with E-state index in [-0.39, 0.29) is 12.0 Å². The second-order valence-electron chi connectivity index (χ2n) is 7.95. The minimum atomic E-state index is -0.181. The van der Waals surface area contributed by atoms with E-state index in [1.807, 2.05) is 30.3 Å². The van der Waals surface area contributed by atoms with Gasteiger partial charge in [-0.25, -0.2) is 9.97 Å². The Hall–Kier alpha value is -3.68. The summed E-state index contributed by atoms with van der Waals surface area (Å²) in [6.45, 7) is 4.24. The van der Waals surface area contributed by atoms with Gasteiger partial charge in [-0.1, -0.05) is 25.1 Å². The Bertz CT molecular complexity index is 1180. The van der Waals surface area contributed by atoms with Crippen LogP contribution in [0.3, 0.4) is 0 Å². The highest BCUT2D eigenvalue weighted by Crippen LogP contribution is 2.33. The van der Waals surface area contributed by atoms with Crippen LogP contribution in [0, 0.1) is 5.92 Å². The first kappa shape index (κ1) is 19.3. The Morgan fingerprint density at radius 2 is 1.81 bits per heavy atom. The molecule has 31 heavy (non-hydrogen) atoms. The number of rotatable bonds is 6. The molecular formula is C23H23N7O. The zero-order valence-electron chi connectivity index (χ0n) is 17.5. The lowest BCUT2D eigenvalue weighted by Crippen LogP contribution is -2.19. The van der Waals surface area contributed by atoms with Gasteiger partial charge in [0.2, 0.25) is 11.7 Å². The van der Waals surface area contributed by atoms with Crippen LogP contribution < -0.4 is 5.32 Å². The molecule has 1 N–H and O–H groups in total. The molecule has 1 aliphatic rings. The molecule has 0 bridgehead atoms. The number of aryl methyl sites for hydroxylation is 1. The van der Waals surface area contributed by atoms with Gasteiger partial charge in [0.25, 0.3) is 0 Å². The summed E-state index contributed by atoms with van der Waals surface area (Å²) >= 11 is 0.